The van der Waals surface area contributed by atoms with E-state index in [1.54, 1.807) is 66.6 Å². The number of halogens is 1. The number of ether oxygens (including phenoxy) is 1. The minimum atomic E-state index is -3.79. The molecule has 0 aromatic heterocycles. The summed E-state index contributed by atoms with van der Waals surface area (Å²) >= 11 is 5.93. The summed E-state index contributed by atoms with van der Waals surface area (Å²) in [4.78, 5) is 14.3. The maximum Gasteiger partial charge on any atom is 0.262 e. The fraction of sp³-hybridized carbons (Fsp3) is 0.160. The normalized spacial score (nSPS) is 12.4. The molecule has 0 bridgehead atoms. The second-order valence-electron chi connectivity index (χ2n) is 7.38. The van der Waals surface area contributed by atoms with Crippen LogP contribution in [0.15, 0.2) is 83.8 Å². The first-order chi connectivity index (χ1) is 15.7. The second kappa shape index (κ2) is 10.6. The smallest absolute Gasteiger partial charge is 0.262 e. The standard InChI is InChI=1S/C25H25ClN2O4S/c1-18(20-11-13-21(26)14-12-20)28(2)25(29)17-10-19-8-15-22(16-9-19)33(30,31)27-23-6-4-5-7-24(23)32-3/h4-18,27H,1-3H3/b17-10+. The zero-order valence-electron chi connectivity index (χ0n) is 18.5. The molecular weight excluding hydrogens is 460 g/mol. The van der Waals surface area contributed by atoms with Crippen LogP contribution in [0.3, 0.4) is 0 Å². The summed E-state index contributed by atoms with van der Waals surface area (Å²) in [5.74, 6) is 0.253. The predicted molar refractivity (Wildman–Crippen MR) is 132 cm³/mol. The fourth-order valence-corrected chi connectivity index (χ4v) is 4.33. The molecule has 0 aliphatic rings. The van der Waals surface area contributed by atoms with Crippen LogP contribution in [0.25, 0.3) is 6.08 Å². The average molecular weight is 485 g/mol. The summed E-state index contributed by atoms with van der Waals surface area (Å²) in [6.45, 7) is 1.93. The first-order valence-corrected chi connectivity index (χ1v) is 12.0. The number of para-hydroxylation sites is 2. The summed E-state index contributed by atoms with van der Waals surface area (Å²) in [5, 5.41) is 0.642. The minimum absolute atomic E-state index is 0.102. The van der Waals surface area contributed by atoms with Gasteiger partial charge < -0.3 is 9.64 Å². The molecule has 1 atom stereocenters. The number of hydrogen-bond acceptors (Lipinski definition) is 4. The topological polar surface area (TPSA) is 75.7 Å². The SMILES string of the molecule is COc1ccccc1NS(=O)(=O)c1ccc(/C=C/C(=O)N(C)C(C)c2ccc(Cl)cc2)cc1. The summed E-state index contributed by atoms with van der Waals surface area (Å²) < 4.78 is 33.1. The van der Waals surface area contributed by atoms with Gasteiger partial charge in [-0.2, -0.15) is 0 Å². The van der Waals surface area contributed by atoms with Gasteiger partial charge in [-0.3, -0.25) is 9.52 Å². The Morgan fingerprint density at radius 1 is 1.03 bits per heavy atom. The van der Waals surface area contributed by atoms with Crippen LogP contribution >= 0.6 is 11.6 Å². The third-order valence-electron chi connectivity index (χ3n) is 5.24. The van der Waals surface area contributed by atoms with Crippen molar-refractivity contribution in [3.8, 4) is 5.75 Å². The molecule has 1 unspecified atom stereocenters. The van der Waals surface area contributed by atoms with Crippen LogP contribution in [0.5, 0.6) is 5.75 Å². The number of carbonyl (C=O) groups is 1. The number of hydrogen-bond donors (Lipinski definition) is 1. The van der Waals surface area contributed by atoms with Crippen LogP contribution in [0.2, 0.25) is 5.02 Å². The predicted octanol–water partition coefficient (Wildman–Crippen LogP) is 5.38. The van der Waals surface area contributed by atoms with Gasteiger partial charge in [0.25, 0.3) is 10.0 Å². The number of anilines is 1. The van der Waals surface area contributed by atoms with Gasteiger partial charge in [0.15, 0.2) is 0 Å². The molecule has 0 aliphatic carbocycles. The number of amides is 1. The molecule has 0 fully saturated rings. The van der Waals surface area contributed by atoms with Gasteiger partial charge in [0, 0.05) is 18.1 Å². The Bertz CT molecular complexity index is 1240. The lowest BCUT2D eigenvalue weighted by atomic mass is 10.1. The van der Waals surface area contributed by atoms with Gasteiger partial charge in [0.2, 0.25) is 5.91 Å². The largest absolute Gasteiger partial charge is 0.495 e. The van der Waals surface area contributed by atoms with E-state index in [-0.39, 0.29) is 16.8 Å². The van der Waals surface area contributed by atoms with Crippen molar-refractivity contribution in [3.63, 3.8) is 0 Å². The Kier molecular flexibility index (Phi) is 7.79. The van der Waals surface area contributed by atoms with Crippen LogP contribution < -0.4 is 9.46 Å². The highest BCUT2D eigenvalue weighted by Gasteiger charge is 2.17. The lowest BCUT2D eigenvalue weighted by Gasteiger charge is -2.24. The van der Waals surface area contributed by atoms with Crippen molar-refractivity contribution >= 4 is 39.3 Å². The molecule has 1 amide bonds. The van der Waals surface area contributed by atoms with Crippen LogP contribution in [0.1, 0.15) is 24.1 Å². The number of carbonyl (C=O) groups excluding carboxylic acids is 1. The third kappa shape index (κ3) is 6.15. The van der Waals surface area contributed by atoms with Crippen molar-refractivity contribution in [2.45, 2.75) is 17.9 Å². The van der Waals surface area contributed by atoms with E-state index in [0.717, 1.165) is 5.56 Å². The second-order valence-corrected chi connectivity index (χ2v) is 9.50. The molecule has 0 spiro atoms. The highest BCUT2D eigenvalue weighted by atomic mass is 35.5. The molecule has 0 saturated heterocycles. The molecular formula is C25H25ClN2O4S. The van der Waals surface area contributed by atoms with Crippen molar-refractivity contribution in [1.82, 2.24) is 4.90 Å². The summed E-state index contributed by atoms with van der Waals surface area (Å²) in [7, 11) is -0.588. The molecule has 1 N–H and O–H groups in total. The minimum Gasteiger partial charge on any atom is -0.495 e. The first kappa shape index (κ1) is 24.4. The third-order valence-corrected chi connectivity index (χ3v) is 6.87. The van der Waals surface area contributed by atoms with Crippen LogP contribution in [-0.2, 0) is 14.8 Å². The summed E-state index contributed by atoms with van der Waals surface area (Å²) in [6, 6.07) is 20.3. The number of benzene rings is 3. The van der Waals surface area contributed by atoms with Crippen LogP contribution in [0.4, 0.5) is 5.69 Å². The van der Waals surface area contributed by atoms with Crippen molar-refractivity contribution in [3.05, 3.63) is 95.0 Å². The molecule has 6 nitrogen and oxygen atoms in total. The number of sulfonamides is 1. The molecule has 0 radical (unpaired) electrons. The number of rotatable bonds is 8. The lowest BCUT2D eigenvalue weighted by molar-refractivity contribution is -0.126. The Morgan fingerprint density at radius 2 is 1.67 bits per heavy atom. The van der Waals surface area contributed by atoms with E-state index in [4.69, 9.17) is 16.3 Å². The van der Waals surface area contributed by atoms with E-state index >= 15 is 0 Å². The quantitative estimate of drug-likeness (QED) is 0.435. The first-order valence-electron chi connectivity index (χ1n) is 10.2. The maximum absolute atomic E-state index is 12.7. The number of likely N-dealkylation sites (N-methyl/N-ethyl adjacent to an activating group) is 1. The summed E-state index contributed by atoms with van der Waals surface area (Å²) in [6.07, 6.45) is 3.11. The highest BCUT2D eigenvalue weighted by molar-refractivity contribution is 7.92. The van der Waals surface area contributed by atoms with Crippen LogP contribution in [-0.4, -0.2) is 33.4 Å². The maximum atomic E-state index is 12.7. The zero-order valence-corrected chi connectivity index (χ0v) is 20.1. The van der Waals surface area contributed by atoms with Crippen molar-refractivity contribution in [1.29, 1.82) is 0 Å². The van der Waals surface area contributed by atoms with Gasteiger partial charge in [0.05, 0.1) is 23.7 Å². The zero-order chi connectivity index (χ0) is 24.0. The Morgan fingerprint density at radius 3 is 2.30 bits per heavy atom. The van der Waals surface area contributed by atoms with Crippen molar-refractivity contribution < 1.29 is 17.9 Å². The van der Waals surface area contributed by atoms with E-state index in [0.29, 0.717) is 22.0 Å². The molecule has 3 aromatic carbocycles. The van der Waals surface area contributed by atoms with E-state index in [9.17, 15) is 13.2 Å². The average Bonchev–Trinajstić information content (AvgIpc) is 2.82. The molecule has 3 aromatic rings. The lowest BCUT2D eigenvalue weighted by Crippen LogP contribution is -2.27. The Labute approximate surface area is 199 Å². The van der Waals surface area contributed by atoms with Gasteiger partial charge in [0.1, 0.15) is 5.75 Å². The Balaban J connectivity index is 1.68. The number of nitrogens with zero attached hydrogens (tertiary/aromatic N) is 1. The highest BCUT2D eigenvalue weighted by Crippen LogP contribution is 2.26. The van der Waals surface area contributed by atoms with Gasteiger partial charge >= 0.3 is 0 Å². The van der Waals surface area contributed by atoms with E-state index < -0.39 is 10.0 Å². The van der Waals surface area contributed by atoms with Gasteiger partial charge in [-0.25, -0.2) is 8.42 Å². The molecule has 8 heteroatoms. The van der Waals surface area contributed by atoms with E-state index in [2.05, 4.69) is 4.72 Å². The van der Waals surface area contributed by atoms with E-state index in [1.807, 2.05) is 19.1 Å². The Hall–Kier alpha value is -3.29. The number of nitrogens with one attached hydrogen (secondary N) is 1. The molecule has 0 heterocycles. The monoisotopic (exact) mass is 484 g/mol. The molecule has 3 rings (SSSR count). The number of methoxy groups -OCH3 is 1. The van der Waals surface area contributed by atoms with Gasteiger partial charge in [-0.05, 0) is 60.5 Å². The molecule has 172 valence electrons. The van der Waals surface area contributed by atoms with Crippen LogP contribution in [0, 0.1) is 0 Å². The van der Waals surface area contributed by atoms with Gasteiger partial charge in [-0.1, -0.05) is 48.0 Å². The van der Waals surface area contributed by atoms with Crippen molar-refractivity contribution in [2.24, 2.45) is 0 Å². The van der Waals surface area contributed by atoms with Gasteiger partial charge in [-0.15, -0.1) is 0 Å². The fourth-order valence-electron chi connectivity index (χ4n) is 3.13. The van der Waals surface area contributed by atoms with Crippen molar-refractivity contribution in [2.75, 3.05) is 18.9 Å². The molecule has 33 heavy (non-hydrogen) atoms. The van der Waals surface area contributed by atoms with E-state index in [1.165, 1.54) is 25.3 Å². The molecule has 0 aliphatic heterocycles. The summed E-state index contributed by atoms with van der Waals surface area (Å²) in [5.41, 5.74) is 2.03. The molecule has 0 saturated carbocycles.